The lowest BCUT2D eigenvalue weighted by Gasteiger charge is -1.95. The number of thioether (sulfide) groups is 1. The van der Waals surface area contributed by atoms with Gasteiger partial charge in [-0.1, -0.05) is 30.8 Å². The van der Waals surface area contributed by atoms with E-state index in [0.717, 1.165) is 11.0 Å². The first kappa shape index (κ1) is 8.10. The van der Waals surface area contributed by atoms with E-state index in [1.54, 1.807) is 0 Å². The van der Waals surface area contributed by atoms with Crippen molar-refractivity contribution in [1.82, 2.24) is 10.1 Å². The van der Waals surface area contributed by atoms with Crippen LogP contribution in [0, 0.1) is 5.41 Å². The number of hydrogen-bond donors (Lipinski definition) is 0. The van der Waals surface area contributed by atoms with Crippen molar-refractivity contribution < 1.29 is 4.52 Å². The predicted octanol–water partition coefficient (Wildman–Crippen LogP) is 2.30. The topological polar surface area (TPSA) is 38.9 Å². The quantitative estimate of drug-likeness (QED) is 0.661. The molecule has 1 fully saturated rings. The standard InChI is InChI=1S/C8H12N2OS/c1-8(2)4-5(8)6-9-7(12-3)10-11-6/h5H,4H2,1-3H3/t5-/m1/s1. The monoisotopic (exact) mass is 184 g/mol. The van der Waals surface area contributed by atoms with Crippen molar-refractivity contribution in [3.05, 3.63) is 5.89 Å². The third kappa shape index (κ3) is 1.24. The lowest BCUT2D eigenvalue weighted by atomic mass is 10.1. The number of hydrogen-bond acceptors (Lipinski definition) is 4. The van der Waals surface area contributed by atoms with Gasteiger partial charge in [-0.2, -0.15) is 4.98 Å². The van der Waals surface area contributed by atoms with Crippen LogP contribution < -0.4 is 0 Å². The fourth-order valence-corrected chi connectivity index (χ4v) is 1.63. The molecule has 1 aromatic heterocycles. The molecule has 0 bridgehead atoms. The molecule has 2 rings (SSSR count). The summed E-state index contributed by atoms with van der Waals surface area (Å²) >= 11 is 1.52. The van der Waals surface area contributed by atoms with Crippen LogP contribution in [-0.2, 0) is 0 Å². The molecule has 1 aliphatic carbocycles. The molecule has 12 heavy (non-hydrogen) atoms. The zero-order chi connectivity index (χ0) is 8.77. The molecule has 0 spiro atoms. The van der Waals surface area contributed by atoms with Gasteiger partial charge in [-0.3, -0.25) is 0 Å². The van der Waals surface area contributed by atoms with E-state index >= 15 is 0 Å². The van der Waals surface area contributed by atoms with Crippen molar-refractivity contribution in [2.75, 3.05) is 6.26 Å². The number of rotatable bonds is 2. The van der Waals surface area contributed by atoms with Crippen molar-refractivity contribution in [1.29, 1.82) is 0 Å². The van der Waals surface area contributed by atoms with Crippen LogP contribution >= 0.6 is 11.8 Å². The Kier molecular flexibility index (Phi) is 1.68. The molecular weight excluding hydrogens is 172 g/mol. The first-order valence-corrected chi connectivity index (χ1v) is 5.23. The number of nitrogens with zero attached hydrogens (tertiary/aromatic N) is 2. The summed E-state index contributed by atoms with van der Waals surface area (Å²) in [5.41, 5.74) is 0.377. The molecule has 1 aromatic rings. The van der Waals surface area contributed by atoms with E-state index < -0.39 is 0 Å². The Morgan fingerprint density at radius 3 is 2.67 bits per heavy atom. The van der Waals surface area contributed by atoms with Gasteiger partial charge in [0.2, 0.25) is 11.0 Å². The molecule has 66 valence electrons. The fraction of sp³-hybridized carbons (Fsp3) is 0.750. The van der Waals surface area contributed by atoms with E-state index in [4.69, 9.17) is 4.52 Å². The van der Waals surface area contributed by atoms with E-state index in [0.29, 0.717) is 11.3 Å². The summed E-state index contributed by atoms with van der Waals surface area (Å²) in [5.74, 6) is 1.30. The fourth-order valence-electron chi connectivity index (χ4n) is 1.33. The maximum absolute atomic E-state index is 5.13. The molecule has 1 atom stereocenters. The summed E-state index contributed by atoms with van der Waals surface area (Å²) in [7, 11) is 0. The minimum absolute atomic E-state index is 0.377. The average molecular weight is 184 g/mol. The Hall–Kier alpha value is -0.510. The summed E-state index contributed by atoms with van der Waals surface area (Å²) in [6.45, 7) is 4.45. The summed E-state index contributed by atoms with van der Waals surface area (Å²) in [6.07, 6.45) is 3.12. The molecule has 0 N–H and O–H groups in total. The number of aromatic nitrogens is 2. The highest BCUT2D eigenvalue weighted by Crippen LogP contribution is 2.58. The first-order chi connectivity index (χ1) is 5.63. The SMILES string of the molecule is CSc1noc([C@H]2CC2(C)C)n1. The Balaban J connectivity index is 2.15. The predicted molar refractivity (Wildman–Crippen MR) is 47.2 cm³/mol. The van der Waals surface area contributed by atoms with Gasteiger partial charge in [-0.15, -0.1) is 0 Å². The molecule has 1 saturated carbocycles. The van der Waals surface area contributed by atoms with Crippen molar-refractivity contribution in [2.24, 2.45) is 5.41 Å². The second-order valence-corrected chi connectivity index (χ2v) is 4.64. The third-order valence-corrected chi connectivity index (χ3v) is 2.95. The molecule has 0 unspecified atom stereocenters. The second kappa shape index (κ2) is 2.49. The normalized spacial score (nSPS) is 25.8. The Morgan fingerprint density at radius 2 is 2.25 bits per heavy atom. The van der Waals surface area contributed by atoms with Gasteiger partial charge in [0.25, 0.3) is 0 Å². The maximum Gasteiger partial charge on any atom is 0.231 e. The van der Waals surface area contributed by atoms with Crippen LogP contribution in [-0.4, -0.2) is 16.4 Å². The van der Waals surface area contributed by atoms with Crippen LogP contribution in [0.3, 0.4) is 0 Å². The van der Waals surface area contributed by atoms with E-state index in [2.05, 4.69) is 24.0 Å². The lowest BCUT2D eigenvalue weighted by molar-refractivity contribution is 0.359. The zero-order valence-electron chi connectivity index (χ0n) is 7.50. The Labute approximate surface area is 75.9 Å². The third-order valence-electron chi connectivity index (χ3n) is 2.42. The molecular formula is C8H12N2OS. The van der Waals surface area contributed by atoms with Crippen LogP contribution in [0.4, 0.5) is 0 Å². The molecule has 0 amide bonds. The molecule has 0 saturated heterocycles. The average Bonchev–Trinajstić information content (AvgIpc) is 2.52. The summed E-state index contributed by atoms with van der Waals surface area (Å²) in [6, 6.07) is 0. The van der Waals surface area contributed by atoms with Gasteiger partial charge in [0.1, 0.15) is 0 Å². The van der Waals surface area contributed by atoms with E-state index in [1.807, 2.05) is 6.26 Å². The van der Waals surface area contributed by atoms with Crippen LogP contribution in [0.25, 0.3) is 0 Å². The molecule has 1 aliphatic rings. The minimum Gasteiger partial charge on any atom is -0.338 e. The maximum atomic E-state index is 5.13. The highest BCUT2D eigenvalue weighted by molar-refractivity contribution is 7.98. The van der Waals surface area contributed by atoms with Crippen molar-refractivity contribution in [3.8, 4) is 0 Å². The second-order valence-electron chi connectivity index (χ2n) is 3.86. The molecule has 0 radical (unpaired) electrons. The molecule has 3 nitrogen and oxygen atoms in total. The van der Waals surface area contributed by atoms with Gasteiger partial charge in [0.05, 0.1) is 0 Å². The van der Waals surface area contributed by atoms with Gasteiger partial charge in [0, 0.05) is 5.92 Å². The zero-order valence-corrected chi connectivity index (χ0v) is 8.31. The molecule has 1 heterocycles. The smallest absolute Gasteiger partial charge is 0.231 e. The molecule has 0 aliphatic heterocycles. The molecule has 0 aromatic carbocycles. The Bertz CT molecular complexity index is 295. The van der Waals surface area contributed by atoms with Gasteiger partial charge in [0.15, 0.2) is 0 Å². The largest absolute Gasteiger partial charge is 0.338 e. The van der Waals surface area contributed by atoms with E-state index in [9.17, 15) is 0 Å². The summed E-state index contributed by atoms with van der Waals surface area (Å²) in [5, 5.41) is 4.58. The summed E-state index contributed by atoms with van der Waals surface area (Å²) in [4.78, 5) is 4.27. The van der Waals surface area contributed by atoms with Crippen molar-refractivity contribution in [3.63, 3.8) is 0 Å². The van der Waals surface area contributed by atoms with Crippen LogP contribution in [0.1, 0.15) is 32.1 Å². The van der Waals surface area contributed by atoms with Gasteiger partial charge < -0.3 is 4.52 Å². The van der Waals surface area contributed by atoms with Crippen LogP contribution in [0.2, 0.25) is 0 Å². The van der Waals surface area contributed by atoms with E-state index in [-0.39, 0.29) is 0 Å². The van der Waals surface area contributed by atoms with Crippen LogP contribution in [0.15, 0.2) is 9.68 Å². The summed E-state index contributed by atoms with van der Waals surface area (Å²) < 4.78 is 5.13. The highest BCUT2D eigenvalue weighted by Gasteiger charge is 2.50. The van der Waals surface area contributed by atoms with Gasteiger partial charge in [-0.05, 0) is 18.1 Å². The first-order valence-electron chi connectivity index (χ1n) is 4.01. The lowest BCUT2D eigenvalue weighted by Crippen LogP contribution is -1.89. The minimum atomic E-state index is 0.377. The molecule has 4 heteroatoms. The van der Waals surface area contributed by atoms with Crippen molar-refractivity contribution in [2.45, 2.75) is 31.3 Å². The van der Waals surface area contributed by atoms with Crippen molar-refractivity contribution >= 4 is 11.8 Å². The highest BCUT2D eigenvalue weighted by atomic mass is 32.2. The van der Waals surface area contributed by atoms with Gasteiger partial charge in [-0.25, -0.2) is 0 Å². The van der Waals surface area contributed by atoms with Crippen LogP contribution in [0.5, 0.6) is 0 Å². The Morgan fingerprint density at radius 1 is 1.58 bits per heavy atom. The van der Waals surface area contributed by atoms with Gasteiger partial charge >= 0.3 is 0 Å². The van der Waals surface area contributed by atoms with E-state index in [1.165, 1.54) is 18.2 Å².